The van der Waals surface area contributed by atoms with Crippen LogP contribution in [0.3, 0.4) is 0 Å². The fourth-order valence-corrected chi connectivity index (χ4v) is 8.73. The van der Waals surface area contributed by atoms with Gasteiger partial charge in [0.2, 0.25) is 5.91 Å². The number of sulfonamides is 1. The van der Waals surface area contributed by atoms with Gasteiger partial charge in [0.1, 0.15) is 16.1 Å². The molecule has 1 aromatic carbocycles. The third-order valence-corrected chi connectivity index (χ3v) is 11.2. The number of piperazine rings is 1. The number of amides is 1. The van der Waals surface area contributed by atoms with Crippen LogP contribution in [-0.4, -0.2) is 79.7 Å². The van der Waals surface area contributed by atoms with Gasteiger partial charge in [-0.3, -0.25) is 9.69 Å². The van der Waals surface area contributed by atoms with E-state index in [0.29, 0.717) is 10.2 Å². The smallest absolute Gasteiger partial charge is 0.263 e. The number of aromatic nitrogens is 1. The molecule has 1 N–H and O–H groups in total. The summed E-state index contributed by atoms with van der Waals surface area (Å²) in [5.41, 5.74) is 3.51. The lowest BCUT2D eigenvalue weighted by Gasteiger charge is -2.36. The van der Waals surface area contributed by atoms with E-state index in [-0.39, 0.29) is 15.1 Å². The van der Waals surface area contributed by atoms with Crippen LogP contribution in [0.25, 0.3) is 11.3 Å². The van der Waals surface area contributed by atoms with E-state index in [9.17, 15) is 22.0 Å². The summed E-state index contributed by atoms with van der Waals surface area (Å²) in [5.74, 6) is -2.76. The molecule has 13 heteroatoms. The number of hydrogen-bond acceptors (Lipinski definition) is 7. The Labute approximate surface area is 260 Å². The quantitative estimate of drug-likeness (QED) is 0.340. The van der Waals surface area contributed by atoms with Gasteiger partial charge in [-0.25, -0.2) is 22.2 Å². The summed E-state index contributed by atoms with van der Waals surface area (Å²) in [6, 6.07) is 12.9. The van der Waals surface area contributed by atoms with Crippen LogP contribution in [0.2, 0.25) is 4.34 Å². The number of benzene rings is 1. The normalized spacial score (nSPS) is 19.7. The maximum absolute atomic E-state index is 14.5. The first kappa shape index (κ1) is 31.8. The van der Waals surface area contributed by atoms with Gasteiger partial charge in [0, 0.05) is 51.3 Å². The second-order valence-electron chi connectivity index (χ2n) is 11.7. The SMILES string of the molecule is Cc1ccc(-c2cc(CNC(=O)[C@@H]3CC(F)(F)CN3S(=O)(=O)c3ccc(Cl)s3)cc(N3CCN(CC(C)C)CC3)n2)cc1. The van der Waals surface area contributed by atoms with Crippen LogP contribution >= 0.6 is 22.9 Å². The molecular weight excluding hydrogens is 616 g/mol. The Bertz CT molecular complexity index is 1560. The van der Waals surface area contributed by atoms with E-state index < -0.39 is 40.9 Å². The van der Waals surface area contributed by atoms with Gasteiger partial charge in [0.05, 0.1) is 16.6 Å². The Hall–Kier alpha value is -2.64. The third-order valence-electron chi connectivity index (χ3n) is 7.65. The van der Waals surface area contributed by atoms with Gasteiger partial charge in [-0.2, -0.15) is 4.31 Å². The fourth-order valence-electron chi connectivity index (χ4n) is 5.51. The highest BCUT2D eigenvalue weighted by Gasteiger charge is 2.53. The summed E-state index contributed by atoms with van der Waals surface area (Å²) in [5, 5.41) is 2.73. The van der Waals surface area contributed by atoms with Crippen LogP contribution in [0.5, 0.6) is 0 Å². The third kappa shape index (κ3) is 7.54. The van der Waals surface area contributed by atoms with E-state index in [0.717, 1.165) is 72.3 Å². The standard InChI is InChI=1S/C30H36ClF2N5O3S2/c1-20(2)18-36-10-12-37(13-11-36)27-15-22(14-24(35-27)23-6-4-21(3)5-7-23)17-34-29(39)25-16-30(32,33)19-38(25)43(40,41)28-9-8-26(31)42-28/h4-9,14-15,20,25H,10-13,16-19H2,1-3H3,(H,34,39)/t25-/m0/s1. The number of aryl methyl sites for hydroxylation is 1. The number of carbonyl (C=O) groups is 1. The molecule has 0 spiro atoms. The summed E-state index contributed by atoms with van der Waals surface area (Å²) in [6.07, 6.45) is -0.895. The Morgan fingerprint density at radius 2 is 1.81 bits per heavy atom. The minimum absolute atomic E-state index is 0.0291. The van der Waals surface area contributed by atoms with E-state index in [1.54, 1.807) is 0 Å². The van der Waals surface area contributed by atoms with E-state index in [4.69, 9.17) is 16.6 Å². The molecule has 5 rings (SSSR count). The van der Waals surface area contributed by atoms with E-state index in [1.165, 1.54) is 12.1 Å². The molecule has 0 saturated carbocycles. The summed E-state index contributed by atoms with van der Waals surface area (Å²) >= 11 is 6.67. The molecule has 2 aliphatic heterocycles. The predicted molar refractivity (Wildman–Crippen MR) is 166 cm³/mol. The van der Waals surface area contributed by atoms with Gasteiger partial charge in [-0.05, 0) is 42.7 Å². The second kappa shape index (κ2) is 12.8. The molecule has 43 heavy (non-hydrogen) atoms. The highest BCUT2D eigenvalue weighted by molar-refractivity contribution is 7.91. The molecule has 2 fully saturated rings. The fraction of sp³-hybridized carbons (Fsp3) is 0.467. The van der Waals surface area contributed by atoms with Crippen molar-refractivity contribution in [2.75, 3.05) is 44.2 Å². The molecule has 2 aliphatic rings. The van der Waals surface area contributed by atoms with Gasteiger partial charge in [0.15, 0.2) is 0 Å². The van der Waals surface area contributed by atoms with E-state index >= 15 is 0 Å². The van der Waals surface area contributed by atoms with Crippen molar-refractivity contribution >= 4 is 44.7 Å². The maximum Gasteiger partial charge on any atom is 0.263 e. The number of rotatable bonds is 9. The minimum atomic E-state index is -4.34. The first-order valence-corrected chi connectivity index (χ1v) is 16.9. The summed E-state index contributed by atoms with van der Waals surface area (Å²) < 4.78 is 56.1. The zero-order valence-electron chi connectivity index (χ0n) is 24.4. The highest BCUT2D eigenvalue weighted by atomic mass is 35.5. The number of nitrogens with zero attached hydrogens (tertiary/aromatic N) is 4. The molecule has 2 aromatic heterocycles. The lowest BCUT2D eigenvalue weighted by molar-refractivity contribution is -0.124. The largest absolute Gasteiger partial charge is 0.354 e. The average Bonchev–Trinajstić information content (AvgIpc) is 3.55. The molecule has 4 heterocycles. The number of carbonyl (C=O) groups excluding carboxylic acids is 1. The monoisotopic (exact) mass is 651 g/mol. The summed E-state index contributed by atoms with van der Waals surface area (Å²) in [4.78, 5) is 22.9. The lowest BCUT2D eigenvalue weighted by Crippen LogP contribution is -2.47. The van der Waals surface area contributed by atoms with Crippen molar-refractivity contribution in [2.45, 2.75) is 49.9 Å². The van der Waals surface area contributed by atoms with Crippen LogP contribution in [0.1, 0.15) is 31.4 Å². The zero-order valence-corrected chi connectivity index (χ0v) is 26.8. The van der Waals surface area contributed by atoms with Crippen molar-refractivity contribution in [3.8, 4) is 11.3 Å². The van der Waals surface area contributed by atoms with Crippen molar-refractivity contribution < 1.29 is 22.0 Å². The Balaban J connectivity index is 1.37. The minimum Gasteiger partial charge on any atom is -0.354 e. The van der Waals surface area contributed by atoms with Gasteiger partial charge >= 0.3 is 0 Å². The predicted octanol–water partition coefficient (Wildman–Crippen LogP) is 5.26. The number of thiophene rings is 1. The van der Waals surface area contributed by atoms with Gasteiger partial charge in [-0.15, -0.1) is 11.3 Å². The highest BCUT2D eigenvalue weighted by Crippen LogP contribution is 2.38. The summed E-state index contributed by atoms with van der Waals surface area (Å²) in [6.45, 7) is 9.86. The molecule has 3 aromatic rings. The zero-order chi connectivity index (χ0) is 30.9. The van der Waals surface area contributed by atoms with E-state index in [2.05, 4.69) is 29.0 Å². The molecule has 232 valence electrons. The number of hydrogen-bond donors (Lipinski definition) is 1. The van der Waals surface area contributed by atoms with Crippen LogP contribution in [0.4, 0.5) is 14.6 Å². The van der Waals surface area contributed by atoms with E-state index in [1.807, 2.05) is 43.3 Å². The van der Waals surface area contributed by atoms with Crippen molar-refractivity contribution in [1.82, 2.24) is 19.5 Å². The Morgan fingerprint density at radius 1 is 1.12 bits per heavy atom. The van der Waals surface area contributed by atoms with Crippen molar-refractivity contribution in [2.24, 2.45) is 5.92 Å². The topological polar surface area (TPSA) is 85.8 Å². The number of pyridine rings is 1. The molecule has 1 amide bonds. The molecule has 2 saturated heterocycles. The van der Waals surface area contributed by atoms with Gasteiger partial charge < -0.3 is 10.2 Å². The first-order chi connectivity index (χ1) is 20.3. The lowest BCUT2D eigenvalue weighted by atomic mass is 10.1. The molecule has 0 unspecified atom stereocenters. The number of alkyl halides is 2. The number of halogens is 3. The van der Waals surface area contributed by atoms with Crippen molar-refractivity contribution in [3.63, 3.8) is 0 Å². The van der Waals surface area contributed by atoms with Crippen LogP contribution in [-0.2, 0) is 21.4 Å². The van der Waals surface area contributed by atoms with Crippen molar-refractivity contribution in [3.05, 3.63) is 64.0 Å². The molecular formula is C30H36ClF2N5O3S2. The molecule has 8 nitrogen and oxygen atoms in total. The average molecular weight is 652 g/mol. The molecule has 0 bridgehead atoms. The van der Waals surface area contributed by atoms with Crippen LogP contribution in [0.15, 0.2) is 52.7 Å². The first-order valence-electron chi connectivity index (χ1n) is 14.3. The Kier molecular flexibility index (Phi) is 9.43. The second-order valence-corrected chi connectivity index (χ2v) is 15.5. The van der Waals surface area contributed by atoms with Crippen LogP contribution < -0.4 is 10.2 Å². The molecule has 0 radical (unpaired) electrons. The molecule has 0 aliphatic carbocycles. The van der Waals surface area contributed by atoms with Crippen LogP contribution in [0, 0.1) is 12.8 Å². The van der Waals surface area contributed by atoms with Crippen molar-refractivity contribution in [1.29, 1.82) is 0 Å². The van der Waals surface area contributed by atoms with Gasteiger partial charge in [0.25, 0.3) is 15.9 Å². The van der Waals surface area contributed by atoms with Gasteiger partial charge in [-0.1, -0.05) is 55.3 Å². The summed E-state index contributed by atoms with van der Waals surface area (Å²) in [7, 11) is -4.34. The number of nitrogens with one attached hydrogen (secondary N) is 1. The number of anilines is 1. The Morgan fingerprint density at radius 3 is 2.44 bits per heavy atom. The maximum atomic E-state index is 14.5. The molecule has 1 atom stereocenters.